The number of nitrogens with one attached hydrogen (secondary N) is 1. The van der Waals surface area contributed by atoms with Crippen LogP contribution in [0.3, 0.4) is 0 Å². The summed E-state index contributed by atoms with van der Waals surface area (Å²) in [6.45, 7) is 0.445. The maximum atomic E-state index is 11.9. The Morgan fingerprint density at radius 2 is 2.20 bits per heavy atom. The third-order valence-corrected chi connectivity index (χ3v) is 3.74. The van der Waals surface area contributed by atoms with Gasteiger partial charge in [0, 0.05) is 18.9 Å². The van der Waals surface area contributed by atoms with Crippen LogP contribution in [-0.2, 0) is 16.6 Å². The molecule has 0 bridgehead atoms. The largest absolute Gasteiger partial charge is 0.478 e. The summed E-state index contributed by atoms with van der Waals surface area (Å²) in [7, 11) is -3.77. The van der Waals surface area contributed by atoms with Crippen LogP contribution < -0.4 is 4.72 Å². The van der Waals surface area contributed by atoms with Crippen LogP contribution in [0.15, 0.2) is 35.7 Å². The smallest absolute Gasteiger partial charge is 0.337 e. The SMILES string of the molecule is O=C(O)c1ccc(S(=O)(=O)NCCn2ccnn2)nc1. The Kier molecular flexibility index (Phi) is 4.05. The summed E-state index contributed by atoms with van der Waals surface area (Å²) in [5, 5.41) is 15.7. The van der Waals surface area contributed by atoms with Crippen molar-refractivity contribution in [2.45, 2.75) is 11.6 Å². The molecule has 2 aromatic rings. The van der Waals surface area contributed by atoms with Crippen LogP contribution in [0, 0.1) is 0 Å². The molecule has 0 amide bonds. The number of hydrogen-bond acceptors (Lipinski definition) is 6. The fourth-order valence-electron chi connectivity index (χ4n) is 1.39. The predicted molar refractivity (Wildman–Crippen MR) is 66.4 cm³/mol. The Morgan fingerprint density at radius 1 is 1.40 bits per heavy atom. The standard InChI is InChI=1S/C10H11N5O4S/c16-10(17)8-1-2-9(11-7-8)20(18,19)13-4-6-15-5-3-12-14-15/h1-3,5,7,13H,4,6H2,(H,16,17). The van der Waals surface area contributed by atoms with Crippen molar-refractivity contribution in [3.8, 4) is 0 Å². The number of pyridine rings is 1. The first kappa shape index (κ1) is 14.1. The molecule has 0 unspecified atom stereocenters. The van der Waals surface area contributed by atoms with Gasteiger partial charge >= 0.3 is 5.97 Å². The minimum Gasteiger partial charge on any atom is -0.478 e. The first-order valence-corrected chi connectivity index (χ1v) is 7.00. The van der Waals surface area contributed by atoms with Crippen LogP contribution in [0.25, 0.3) is 0 Å². The molecule has 2 N–H and O–H groups in total. The Balaban J connectivity index is 2.00. The second-order valence-corrected chi connectivity index (χ2v) is 5.47. The van der Waals surface area contributed by atoms with Gasteiger partial charge in [0.2, 0.25) is 0 Å². The van der Waals surface area contributed by atoms with Crippen molar-refractivity contribution in [3.05, 3.63) is 36.3 Å². The van der Waals surface area contributed by atoms with Crippen molar-refractivity contribution in [2.75, 3.05) is 6.54 Å². The van der Waals surface area contributed by atoms with Crippen molar-refractivity contribution in [1.82, 2.24) is 24.7 Å². The van der Waals surface area contributed by atoms with Gasteiger partial charge in [-0.3, -0.25) is 4.68 Å². The van der Waals surface area contributed by atoms with E-state index in [-0.39, 0.29) is 17.1 Å². The summed E-state index contributed by atoms with van der Waals surface area (Å²) in [5.74, 6) is -1.17. The molecular formula is C10H11N5O4S. The summed E-state index contributed by atoms with van der Waals surface area (Å²) in [4.78, 5) is 14.3. The molecule has 0 atom stereocenters. The fourth-order valence-corrected chi connectivity index (χ4v) is 2.33. The molecule has 2 heterocycles. The molecule has 0 spiro atoms. The number of nitrogens with zero attached hydrogens (tertiary/aromatic N) is 4. The maximum absolute atomic E-state index is 11.9. The highest BCUT2D eigenvalue weighted by atomic mass is 32.2. The molecule has 0 saturated heterocycles. The Morgan fingerprint density at radius 3 is 2.75 bits per heavy atom. The quantitative estimate of drug-likeness (QED) is 0.725. The van der Waals surface area contributed by atoms with Crippen LogP contribution in [0.1, 0.15) is 10.4 Å². The van der Waals surface area contributed by atoms with Gasteiger partial charge in [0.1, 0.15) is 0 Å². The van der Waals surface area contributed by atoms with Gasteiger partial charge < -0.3 is 5.11 Å². The summed E-state index contributed by atoms with van der Waals surface area (Å²) in [5.41, 5.74) is -0.0773. The predicted octanol–water partition coefficient (Wildman–Crippen LogP) is -0.650. The van der Waals surface area contributed by atoms with Crippen molar-refractivity contribution >= 4 is 16.0 Å². The molecular weight excluding hydrogens is 286 g/mol. The van der Waals surface area contributed by atoms with Crippen LogP contribution in [0.5, 0.6) is 0 Å². The average molecular weight is 297 g/mol. The van der Waals surface area contributed by atoms with Crippen molar-refractivity contribution in [2.24, 2.45) is 0 Å². The number of aromatic carboxylic acids is 1. The molecule has 2 aromatic heterocycles. The van der Waals surface area contributed by atoms with Gasteiger partial charge in [-0.2, -0.15) is 0 Å². The van der Waals surface area contributed by atoms with Crippen molar-refractivity contribution in [3.63, 3.8) is 0 Å². The van der Waals surface area contributed by atoms with Crippen molar-refractivity contribution in [1.29, 1.82) is 0 Å². The number of aromatic nitrogens is 4. The third-order valence-electron chi connectivity index (χ3n) is 2.36. The van der Waals surface area contributed by atoms with Crippen LogP contribution in [0.2, 0.25) is 0 Å². The number of rotatable bonds is 6. The van der Waals surface area contributed by atoms with Gasteiger partial charge in [0.05, 0.1) is 18.3 Å². The molecule has 106 valence electrons. The zero-order valence-corrected chi connectivity index (χ0v) is 11.0. The van der Waals surface area contributed by atoms with E-state index in [1.165, 1.54) is 16.9 Å². The van der Waals surface area contributed by atoms with Crippen LogP contribution in [0.4, 0.5) is 0 Å². The number of carbonyl (C=O) groups is 1. The van der Waals surface area contributed by atoms with E-state index < -0.39 is 16.0 Å². The molecule has 0 saturated carbocycles. The topological polar surface area (TPSA) is 127 Å². The van der Waals surface area contributed by atoms with Crippen LogP contribution in [-0.4, -0.2) is 46.0 Å². The molecule has 0 aliphatic heterocycles. The molecule has 20 heavy (non-hydrogen) atoms. The molecule has 2 rings (SSSR count). The summed E-state index contributed by atoms with van der Waals surface area (Å²) in [6, 6.07) is 2.32. The maximum Gasteiger partial charge on any atom is 0.337 e. The second-order valence-electron chi connectivity index (χ2n) is 3.75. The normalized spacial score (nSPS) is 11.4. The summed E-state index contributed by atoms with van der Waals surface area (Å²) >= 11 is 0. The molecule has 0 radical (unpaired) electrons. The van der Waals surface area contributed by atoms with E-state index >= 15 is 0 Å². The minimum absolute atomic E-state index is 0.0773. The average Bonchev–Trinajstić information content (AvgIpc) is 2.92. The first-order chi connectivity index (χ1) is 9.49. The molecule has 0 aliphatic carbocycles. The highest BCUT2D eigenvalue weighted by molar-refractivity contribution is 7.89. The zero-order valence-electron chi connectivity index (χ0n) is 10.2. The molecule has 9 nitrogen and oxygen atoms in total. The highest BCUT2D eigenvalue weighted by Gasteiger charge is 2.15. The first-order valence-electron chi connectivity index (χ1n) is 5.52. The summed E-state index contributed by atoms with van der Waals surface area (Å²) in [6.07, 6.45) is 4.09. The van der Waals surface area contributed by atoms with Crippen molar-refractivity contribution < 1.29 is 18.3 Å². The van der Waals surface area contributed by atoms with Crippen LogP contribution >= 0.6 is 0 Å². The Labute approximate surface area is 114 Å². The monoisotopic (exact) mass is 297 g/mol. The van der Waals surface area contributed by atoms with E-state index in [2.05, 4.69) is 20.0 Å². The molecule has 10 heteroatoms. The third kappa shape index (κ3) is 3.36. The summed E-state index contributed by atoms with van der Waals surface area (Å²) < 4.78 is 27.6. The lowest BCUT2D eigenvalue weighted by atomic mass is 10.3. The van der Waals surface area contributed by atoms with Gasteiger partial charge in [0.15, 0.2) is 5.03 Å². The van der Waals surface area contributed by atoms with Gasteiger partial charge in [-0.05, 0) is 12.1 Å². The lowest BCUT2D eigenvalue weighted by Gasteiger charge is -2.06. The lowest BCUT2D eigenvalue weighted by Crippen LogP contribution is -2.28. The van der Waals surface area contributed by atoms with Gasteiger partial charge in [-0.25, -0.2) is 22.9 Å². The van der Waals surface area contributed by atoms with E-state index in [4.69, 9.17) is 5.11 Å². The van der Waals surface area contributed by atoms with E-state index in [0.29, 0.717) is 6.54 Å². The molecule has 0 aliphatic rings. The minimum atomic E-state index is -3.77. The van der Waals surface area contributed by atoms with E-state index in [1.807, 2.05) is 0 Å². The van der Waals surface area contributed by atoms with E-state index in [0.717, 1.165) is 12.3 Å². The Hall–Kier alpha value is -2.33. The van der Waals surface area contributed by atoms with E-state index in [1.54, 1.807) is 6.20 Å². The molecule has 0 aromatic carbocycles. The van der Waals surface area contributed by atoms with Gasteiger partial charge in [-0.15, -0.1) is 5.10 Å². The molecule has 0 fully saturated rings. The van der Waals surface area contributed by atoms with Gasteiger partial charge in [-0.1, -0.05) is 5.21 Å². The highest BCUT2D eigenvalue weighted by Crippen LogP contribution is 2.06. The number of sulfonamides is 1. The zero-order chi connectivity index (χ0) is 14.6. The van der Waals surface area contributed by atoms with E-state index in [9.17, 15) is 13.2 Å². The number of carboxylic acid groups (broad SMARTS) is 1. The Bertz CT molecular complexity index is 681. The second kappa shape index (κ2) is 5.75. The van der Waals surface area contributed by atoms with Gasteiger partial charge in [0.25, 0.3) is 10.0 Å². The lowest BCUT2D eigenvalue weighted by molar-refractivity contribution is 0.0696. The fraction of sp³-hybridized carbons (Fsp3) is 0.200. The number of carboxylic acids is 1. The number of hydrogen-bond donors (Lipinski definition) is 2.